The van der Waals surface area contributed by atoms with Gasteiger partial charge in [0.15, 0.2) is 18.1 Å². The van der Waals surface area contributed by atoms with Crippen LogP contribution in [0.5, 0.6) is 17.2 Å². The van der Waals surface area contributed by atoms with Gasteiger partial charge in [-0.25, -0.2) is 5.01 Å². The highest BCUT2D eigenvalue weighted by Crippen LogP contribution is 2.38. The van der Waals surface area contributed by atoms with Gasteiger partial charge in [-0.1, -0.05) is 0 Å². The summed E-state index contributed by atoms with van der Waals surface area (Å²) < 4.78 is 26.7. The van der Waals surface area contributed by atoms with Crippen molar-refractivity contribution in [1.29, 1.82) is 0 Å². The summed E-state index contributed by atoms with van der Waals surface area (Å²) in [5.41, 5.74) is 0.603. The molecular weight excluding hydrogens is 328 g/mol. The van der Waals surface area contributed by atoms with Crippen LogP contribution in [0.25, 0.3) is 0 Å². The predicted molar refractivity (Wildman–Crippen MR) is 87.8 cm³/mol. The minimum absolute atomic E-state index is 0.115. The summed E-state index contributed by atoms with van der Waals surface area (Å²) in [6, 6.07) is 6.95. The van der Waals surface area contributed by atoms with Gasteiger partial charge >= 0.3 is 0 Å². The van der Waals surface area contributed by atoms with Crippen molar-refractivity contribution in [1.82, 2.24) is 5.01 Å². The van der Waals surface area contributed by atoms with Gasteiger partial charge in [0.2, 0.25) is 11.6 Å². The molecule has 25 heavy (non-hydrogen) atoms. The highest BCUT2D eigenvalue weighted by atomic mass is 16.5. The van der Waals surface area contributed by atoms with Crippen molar-refractivity contribution in [3.8, 4) is 17.2 Å². The number of hydrogen-bond acceptors (Lipinski definition) is 7. The van der Waals surface area contributed by atoms with Crippen LogP contribution in [0, 0.1) is 0 Å². The zero-order valence-electron chi connectivity index (χ0n) is 14.1. The first-order valence-corrected chi connectivity index (χ1v) is 7.50. The van der Waals surface area contributed by atoms with Gasteiger partial charge in [-0.2, -0.15) is 0 Å². The zero-order valence-corrected chi connectivity index (χ0v) is 14.1. The fourth-order valence-corrected chi connectivity index (χ4v) is 2.42. The second kappa shape index (κ2) is 7.16. The van der Waals surface area contributed by atoms with E-state index in [1.54, 1.807) is 30.5 Å². The zero-order chi connectivity index (χ0) is 17.8. The molecule has 0 unspecified atom stereocenters. The summed E-state index contributed by atoms with van der Waals surface area (Å²) in [5, 5.41) is 5.59. The molecule has 1 aliphatic rings. The van der Waals surface area contributed by atoms with E-state index in [0.717, 1.165) is 0 Å². The largest absolute Gasteiger partial charge is 0.493 e. The van der Waals surface area contributed by atoms with E-state index >= 15 is 0 Å². The third-order valence-corrected chi connectivity index (χ3v) is 3.63. The molecule has 0 bridgehead atoms. The van der Waals surface area contributed by atoms with Gasteiger partial charge < -0.3 is 23.4 Å². The second-order valence-corrected chi connectivity index (χ2v) is 5.14. The summed E-state index contributed by atoms with van der Waals surface area (Å²) in [6.45, 7) is 0.110. The Morgan fingerprint density at radius 3 is 2.44 bits per heavy atom. The lowest BCUT2D eigenvalue weighted by Gasteiger charge is -2.23. The van der Waals surface area contributed by atoms with Gasteiger partial charge in [0.1, 0.15) is 12.3 Å². The summed E-state index contributed by atoms with van der Waals surface area (Å²) in [7, 11) is 4.58. The molecule has 1 aromatic carbocycles. The Kier molecular flexibility index (Phi) is 4.78. The molecule has 0 fully saturated rings. The molecule has 0 saturated heterocycles. The molecule has 0 saturated carbocycles. The molecule has 0 radical (unpaired) electrons. The monoisotopic (exact) mass is 346 g/mol. The lowest BCUT2D eigenvalue weighted by atomic mass is 10.1. The number of furan rings is 1. The molecule has 2 heterocycles. The van der Waals surface area contributed by atoms with E-state index in [9.17, 15) is 4.79 Å². The quantitative estimate of drug-likeness (QED) is 0.796. The standard InChI is InChI=1S/C17H18N2O6/c1-21-13-7-11(8-14(22-2)16(13)23-3)17-18-19(15(20)10-25-17)9-12-5-4-6-24-12/h4-8H,9-10H2,1-3H3. The van der Waals surface area contributed by atoms with Crippen LogP contribution < -0.4 is 14.2 Å². The molecule has 2 aromatic rings. The van der Waals surface area contributed by atoms with Gasteiger partial charge in [-0.3, -0.25) is 4.79 Å². The first-order chi connectivity index (χ1) is 12.2. The number of benzene rings is 1. The Morgan fingerprint density at radius 2 is 1.88 bits per heavy atom. The molecule has 3 rings (SSSR count). The van der Waals surface area contributed by atoms with Crippen LogP contribution in [0.4, 0.5) is 0 Å². The van der Waals surface area contributed by atoms with Crippen molar-refractivity contribution in [3.63, 3.8) is 0 Å². The lowest BCUT2D eigenvalue weighted by molar-refractivity contribution is -0.136. The maximum atomic E-state index is 12.0. The SMILES string of the molecule is COc1cc(C2=NN(Cc3ccco3)C(=O)CO2)cc(OC)c1OC. The fourth-order valence-electron chi connectivity index (χ4n) is 2.42. The minimum atomic E-state index is -0.257. The summed E-state index contributed by atoms with van der Waals surface area (Å²) in [6.07, 6.45) is 1.55. The maximum absolute atomic E-state index is 12.0. The van der Waals surface area contributed by atoms with Crippen LogP contribution >= 0.6 is 0 Å². The van der Waals surface area contributed by atoms with Crippen molar-refractivity contribution in [2.24, 2.45) is 5.10 Å². The van der Waals surface area contributed by atoms with Crippen molar-refractivity contribution >= 4 is 11.8 Å². The third-order valence-electron chi connectivity index (χ3n) is 3.63. The van der Waals surface area contributed by atoms with E-state index in [1.165, 1.54) is 26.3 Å². The average molecular weight is 346 g/mol. The number of carbonyl (C=O) groups excluding carboxylic acids is 1. The summed E-state index contributed by atoms with van der Waals surface area (Å²) in [5.74, 6) is 2.06. The molecule has 8 nitrogen and oxygen atoms in total. The van der Waals surface area contributed by atoms with E-state index in [0.29, 0.717) is 28.6 Å². The molecule has 1 amide bonds. The molecule has 8 heteroatoms. The van der Waals surface area contributed by atoms with Crippen LogP contribution in [0.3, 0.4) is 0 Å². The molecule has 1 aromatic heterocycles. The number of nitrogens with zero attached hydrogens (tertiary/aromatic N) is 2. The van der Waals surface area contributed by atoms with E-state index in [2.05, 4.69) is 5.10 Å². The van der Waals surface area contributed by atoms with Crippen molar-refractivity contribution in [3.05, 3.63) is 41.9 Å². The molecule has 0 N–H and O–H groups in total. The number of amides is 1. The van der Waals surface area contributed by atoms with Gasteiger partial charge in [0, 0.05) is 5.56 Å². The van der Waals surface area contributed by atoms with E-state index < -0.39 is 0 Å². The topological polar surface area (TPSA) is 82.7 Å². The molecule has 0 aliphatic carbocycles. The van der Waals surface area contributed by atoms with Crippen molar-refractivity contribution < 1.29 is 28.2 Å². The van der Waals surface area contributed by atoms with Gasteiger partial charge in [0.25, 0.3) is 5.91 Å². The highest BCUT2D eigenvalue weighted by molar-refractivity contribution is 5.99. The van der Waals surface area contributed by atoms with Crippen LogP contribution in [0.15, 0.2) is 40.0 Å². The summed E-state index contributed by atoms with van der Waals surface area (Å²) in [4.78, 5) is 12.0. The Morgan fingerprint density at radius 1 is 1.16 bits per heavy atom. The number of rotatable bonds is 6. The third kappa shape index (κ3) is 3.37. The average Bonchev–Trinajstić information content (AvgIpc) is 3.15. The van der Waals surface area contributed by atoms with E-state index in [1.807, 2.05) is 0 Å². The van der Waals surface area contributed by atoms with E-state index in [-0.39, 0.29) is 25.0 Å². The van der Waals surface area contributed by atoms with Crippen LogP contribution in [0.1, 0.15) is 11.3 Å². The highest BCUT2D eigenvalue weighted by Gasteiger charge is 2.25. The molecular formula is C17H18N2O6. The summed E-state index contributed by atoms with van der Waals surface area (Å²) >= 11 is 0. The number of methoxy groups -OCH3 is 3. The van der Waals surface area contributed by atoms with Gasteiger partial charge in [-0.05, 0) is 24.3 Å². The number of carbonyl (C=O) groups is 1. The van der Waals surface area contributed by atoms with Crippen molar-refractivity contribution in [2.75, 3.05) is 27.9 Å². The maximum Gasteiger partial charge on any atom is 0.281 e. The van der Waals surface area contributed by atoms with Gasteiger partial charge in [-0.15, -0.1) is 5.10 Å². The molecule has 132 valence electrons. The smallest absolute Gasteiger partial charge is 0.281 e. The molecule has 0 spiro atoms. The Balaban J connectivity index is 1.95. The normalized spacial score (nSPS) is 14.0. The first-order valence-electron chi connectivity index (χ1n) is 7.50. The first kappa shape index (κ1) is 16.7. The Hall–Kier alpha value is -3.16. The minimum Gasteiger partial charge on any atom is -0.493 e. The number of ether oxygens (including phenoxy) is 4. The second-order valence-electron chi connectivity index (χ2n) is 5.14. The van der Waals surface area contributed by atoms with Crippen LogP contribution in [-0.2, 0) is 16.1 Å². The Labute approximate surface area is 144 Å². The fraction of sp³-hybridized carbons (Fsp3) is 0.294. The van der Waals surface area contributed by atoms with Gasteiger partial charge in [0.05, 0.1) is 27.6 Å². The molecule has 0 atom stereocenters. The number of hydrogen-bond donors (Lipinski definition) is 0. The predicted octanol–water partition coefficient (Wildman–Crippen LogP) is 2.03. The van der Waals surface area contributed by atoms with Crippen molar-refractivity contribution in [2.45, 2.75) is 6.54 Å². The van der Waals surface area contributed by atoms with Crippen LogP contribution in [0.2, 0.25) is 0 Å². The Bertz CT molecular complexity index is 759. The molecule has 1 aliphatic heterocycles. The van der Waals surface area contributed by atoms with E-state index in [4.69, 9.17) is 23.4 Å². The van der Waals surface area contributed by atoms with Crippen LogP contribution in [-0.4, -0.2) is 44.8 Å². The number of hydrazone groups is 1. The lowest BCUT2D eigenvalue weighted by Crippen LogP contribution is -2.36.